The second kappa shape index (κ2) is 8.83. The number of carbonyl (C=O) groups is 1. The van der Waals surface area contributed by atoms with Crippen LogP contribution < -0.4 is 5.32 Å². The first-order valence-corrected chi connectivity index (χ1v) is 10.1. The third-order valence-electron chi connectivity index (χ3n) is 5.40. The van der Waals surface area contributed by atoms with Crippen molar-refractivity contribution in [3.8, 4) is 0 Å². The maximum absolute atomic E-state index is 13.8. The van der Waals surface area contributed by atoms with E-state index in [0.29, 0.717) is 18.7 Å². The van der Waals surface area contributed by atoms with E-state index in [1.54, 1.807) is 6.92 Å². The third kappa shape index (κ3) is 4.44. The molecule has 32 heavy (non-hydrogen) atoms. The molecule has 1 fully saturated rings. The number of aliphatic hydroxyl groups is 1. The summed E-state index contributed by atoms with van der Waals surface area (Å²) < 4.78 is 47.3. The number of imidazole rings is 1. The van der Waals surface area contributed by atoms with E-state index < -0.39 is 36.3 Å². The number of rotatable bonds is 6. The van der Waals surface area contributed by atoms with E-state index in [2.05, 4.69) is 20.3 Å². The second-order valence-corrected chi connectivity index (χ2v) is 7.81. The number of halogens is 3. The topological polar surface area (TPSA) is 102 Å². The number of nitrogens with zero attached hydrogens (tertiary/aromatic N) is 4. The molecule has 0 radical (unpaired) electrons. The Morgan fingerprint density at radius 2 is 2.16 bits per heavy atom. The van der Waals surface area contributed by atoms with Gasteiger partial charge in [0, 0.05) is 18.9 Å². The Balaban J connectivity index is 1.81. The molecule has 0 bridgehead atoms. The predicted molar refractivity (Wildman–Crippen MR) is 108 cm³/mol. The Labute approximate surface area is 181 Å². The van der Waals surface area contributed by atoms with Crippen molar-refractivity contribution < 1.29 is 27.8 Å². The van der Waals surface area contributed by atoms with Crippen LogP contribution in [0.25, 0.3) is 11.0 Å². The fourth-order valence-electron chi connectivity index (χ4n) is 3.86. The van der Waals surface area contributed by atoms with Crippen LogP contribution >= 0.6 is 0 Å². The summed E-state index contributed by atoms with van der Waals surface area (Å²) in [6, 6.07) is 2.39. The summed E-state index contributed by atoms with van der Waals surface area (Å²) in [5.41, 5.74) is -0.625. The zero-order valence-electron chi connectivity index (χ0n) is 17.3. The molecule has 3 aromatic rings. The molecule has 1 aliphatic rings. The SMILES string of the molecule is Cc1cnc(C(=O)N[C@H](c2nc3cc(F)ccc3n2CC(F)F)[C@]2(O)CCCOC2)cn1. The molecular formula is C21H22F3N5O3. The maximum atomic E-state index is 13.8. The third-order valence-corrected chi connectivity index (χ3v) is 5.40. The lowest BCUT2D eigenvalue weighted by molar-refractivity contribution is -0.107. The number of aryl methyl sites for hydroxylation is 1. The van der Waals surface area contributed by atoms with Crippen molar-refractivity contribution in [2.45, 2.75) is 44.4 Å². The van der Waals surface area contributed by atoms with Gasteiger partial charge in [-0.1, -0.05) is 0 Å². The van der Waals surface area contributed by atoms with Gasteiger partial charge in [-0.25, -0.2) is 23.1 Å². The summed E-state index contributed by atoms with van der Waals surface area (Å²) >= 11 is 0. The molecule has 3 heterocycles. The van der Waals surface area contributed by atoms with Crippen molar-refractivity contribution in [1.29, 1.82) is 0 Å². The normalized spacial score (nSPS) is 19.9. The summed E-state index contributed by atoms with van der Waals surface area (Å²) in [6.45, 7) is 1.26. The van der Waals surface area contributed by atoms with Crippen LogP contribution in [-0.2, 0) is 11.3 Å². The molecule has 0 unspecified atom stereocenters. The number of hydrogen-bond acceptors (Lipinski definition) is 6. The van der Waals surface area contributed by atoms with Gasteiger partial charge in [0.05, 0.1) is 36.1 Å². The average Bonchev–Trinajstić information content (AvgIpc) is 3.09. The smallest absolute Gasteiger partial charge is 0.272 e. The average molecular weight is 449 g/mol. The van der Waals surface area contributed by atoms with Gasteiger partial charge in [0.2, 0.25) is 0 Å². The van der Waals surface area contributed by atoms with Crippen molar-refractivity contribution in [3.05, 3.63) is 53.6 Å². The van der Waals surface area contributed by atoms with Gasteiger partial charge in [0.1, 0.15) is 29.0 Å². The fourth-order valence-corrected chi connectivity index (χ4v) is 3.86. The summed E-state index contributed by atoms with van der Waals surface area (Å²) in [7, 11) is 0. The van der Waals surface area contributed by atoms with E-state index in [4.69, 9.17) is 4.74 Å². The molecule has 0 spiro atoms. The number of fused-ring (bicyclic) bond motifs is 1. The number of ether oxygens (including phenoxy) is 1. The van der Waals surface area contributed by atoms with Crippen LogP contribution in [0.1, 0.15) is 40.9 Å². The monoisotopic (exact) mass is 449 g/mol. The number of carbonyl (C=O) groups excluding carboxylic acids is 1. The van der Waals surface area contributed by atoms with Crippen LogP contribution in [0.3, 0.4) is 0 Å². The number of nitrogens with one attached hydrogen (secondary N) is 1. The summed E-state index contributed by atoms with van der Waals surface area (Å²) in [5.74, 6) is -1.27. The van der Waals surface area contributed by atoms with Gasteiger partial charge in [0.15, 0.2) is 0 Å². The Morgan fingerprint density at radius 3 is 2.81 bits per heavy atom. The van der Waals surface area contributed by atoms with Crippen molar-refractivity contribution in [2.24, 2.45) is 0 Å². The van der Waals surface area contributed by atoms with Gasteiger partial charge >= 0.3 is 0 Å². The van der Waals surface area contributed by atoms with Gasteiger partial charge in [-0.2, -0.15) is 0 Å². The fraction of sp³-hybridized carbons (Fsp3) is 0.429. The molecule has 2 N–H and O–H groups in total. The van der Waals surface area contributed by atoms with Crippen molar-refractivity contribution in [2.75, 3.05) is 13.2 Å². The number of benzene rings is 1. The number of alkyl halides is 2. The van der Waals surface area contributed by atoms with E-state index in [1.165, 1.54) is 23.0 Å². The molecule has 0 saturated carbocycles. The number of amides is 1. The highest BCUT2D eigenvalue weighted by atomic mass is 19.3. The standard InChI is InChI=1S/C21H22F3N5O3/c1-12-8-26-15(9-25-12)20(30)28-18(21(31)5-2-6-32-11-21)19-27-14-7-13(22)3-4-16(14)29(19)10-17(23)24/h3-4,7-9,17-18,31H,2,5-6,10-11H2,1H3,(H,28,30)/t18-,21+/m1/s1. The Hall–Kier alpha value is -3.05. The van der Waals surface area contributed by atoms with Crippen LogP contribution in [0.2, 0.25) is 0 Å². The lowest BCUT2D eigenvalue weighted by atomic mass is 9.87. The minimum atomic E-state index is -2.74. The van der Waals surface area contributed by atoms with Crippen LogP contribution in [-0.4, -0.2) is 55.8 Å². The Kier molecular flexibility index (Phi) is 6.11. The number of aromatic nitrogens is 4. The molecule has 0 aliphatic carbocycles. The molecule has 1 saturated heterocycles. The van der Waals surface area contributed by atoms with E-state index >= 15 is 0 Å². The first-order chi connectivity index (χ1) is 15.3. The maximum Gasteiger partial charge on any atom is 0.272 e. The molecule has 4 rings (SSSR count). The van der Waals surface area contributed by atoms with E-state index in [0.717, 1.165) is 12.1 Å². The summed E-state index contributed by atoms with van der Waals surface area (Å²) in [5, 5.41) is 14.0. The summed E-state index contributed by atoms with van der Waals surface area (Å²) in [4.78, 5) is 25.3. The number of hydrogen-bond donors (Lipinski definition) is 2. The minimum absolute atomic E-state index is 0.0107. The first kappa shape index (κ1) is 22.2. The highest BCUT2D eigenvalue weighted by molar-refractivity contribution is 5.92. The Bertz CT molecular complexity index is 1110. The van der Waals surface area contributed by atoms with Crippen molar-refractivity contribution >= 4 is 16.9 Å². The van der Waals surface area contributed by atoms with Gasteiger partial charge in [-0.05, 0) is 31.9 Å². The predicted octanol–water partition coefficient (Wildman–Crippen LogP) is 2.55. The zero-order valence-corrected chi connectivity index (χ0v) is 17.3. The molecule has 11 heteroatoms. The summed E-state index contributed by atoms with van der Waals surface area (Å²) in [6.07, 6.45) is 0.686. The van der Waals surface area contributed by atoms with E-state index in [9.17, 15) is 23.1 Å². The molecular weight excluding hydrogens is 427 g/mol. The van der Waals surface area contributed by atoms with E-state index in [1.807, 2.05) is 0 Å². The lowest BCUT2D eigenvalue weighted by Crippen LogP contribution is -2.52. The molecule has 1 aromatic carbocycles. The quantitative estimate of drug-likeness (QED) is 0.600. The highest BCUT2D eigenvalue weighted by Gasteiger charge is 2.44. The van der Waals surface area contributed by atoms with Gasteiger partial charge in [-0.3, -0.25) is 9.78 Å². The van der Waals surface area contributed by atoms with Gasteiger partial charge in [-0.15, -0.1) is 0 Å². The molecule has 8 nitrogen and oxygen atoms in total. The van der Waals surface area contributed by atoms with Gasteiger partial charge < -0.3 is 19.7 Å². The Morgan fingerprint density at radius 1 is 1.34 bits per heavy atom. The molecule has 2 atom stereocenters. The highest BCUT2D eigenvalue weighted by Crippen LogP contribution is 2.35. The molecule has 1 amide bonds. The van der Waals surface area contributed by atoms with Crippen LogP contribution in [0.15, 0.2) is 30.6 Å². The van der Waals surface area contributed by atoms with Crippen molar-refractivity contribution in [1.82, 2.24) is 24.8 Å². The van der Waals surface area contributed by atoms with Crippen LogP contribution in [0.4, 0.5) is 13.2 Å². The lowest BCUT2D eigenvalue weighted by Gasteiger charge is -2.38. The van der Waals surface area contributed by atoms with Crippen LogP contribution in [0.5, 0.6) is 0 Å². The van der Waals surface area contributed by atoms with Crippen molar-refractivity contribution in [3.63, 3.8) is 0 Å². The second-order valence-electron chi connectivity index (χ2n) is 7.81. The molecule has 2 aromatic heterocycles. The van der Waals surface area contributed by atoms with Gasteiger partial charge in [0.25, 0.3) is 12.3 Å². The molecule has 170 valence electrons. The van der Waals surface area contributed by atoms with E-state index in [-0.39, 0.29) is 35.6 Å². The first-order valence-electron chi connectivity index (χ1n) is 10.1. The van der Waals surface area contributed by atoms with Crippen LogP contribution in [0, 0.1) is 12.7 Å². The minimum Gasteiger partial charge on any atom is -0.385 e. The zero-order chi connectivity index (χ0) is 22.9. The largest absolute Gasteiger partial charge is 0.385 e. The molecule has 1 aliphatic heterocycles.